The highest BCUT2D eigenvalue weighted by Gasteiger charge is 2.33. The number of benzene rings is 1. The summed E-state index contributed by atoms with van der Waals surface area (Å²) in [5, 5.41) is 2.56. The number of nitrogens with one attached hydrogen (secondary N) is 2. The minimum atomic E-state index is -4.49. The highest BCUT2D eigenvalue weighted by atomic mass is 19.4. The van der Waals surface area contributed by atoms with Crippen molar-refractivity contribution in [3.8, 4) is 0 Å². The monoisotopic (exact) mass is 336 g/mol. The average molecular weight is 336 g/mol. The van der Waals surface area contributed by atoms with Crippen molar-refractivity contribution in [3.05, 3.63) is 75.7 Å². The highest BCUT2D eigenvalue weighted by molar-refractivity contribution is 5.95. The van der Waals surface area contributed by atoms with Crippen LogP contribution in [0.5, 0.6) is 0 Å². The van der Waals surface area contributed by atoms with Crippen LogP contribution in [0.4, 0.5) is 13.2 Å². The van der Waals surface area contributed by atoms with Crippen molar-refractivity contribution in [2.24, 2.45) is 0 Å². The van der Waals surface area contributed by atoms with Gasteiger partial charge in [0.15, 0.2) is 0 Å². The molecule has 1 aromatic heterocycles. The van der Waals surface area contributed by atoms with Crippen LogP contribution in [0.15, 0.2) is 53.5 Å². The molecule has 0 fully saturated rings. The minimum Gasteiger partial charge on any atom is -0.348 e. The summed E-state index contributed by atoms with van der Waals surface area (Å²) < 4.78 is 39.0. The van der Waals surface area contributed by atoms with Crippen molar-refractivity contribution in [2.45, 2.75) is 19.6 Å². The molecule has 0 radical (unpaired) electrons. The number of alkyl halides is 3. The molecular formula is C17H15F3N2O2. The lowest BCUT2D eigenvalue weighted by Gasteiger charge is -2.13. The van der Waals surface area contributed by atoms with E-state index >= 15 is 0 Å². The molecule has 126 valence electrons. The molecule has 1 amide bonds. The van der Waals surface area contributed by atoms with E-state index in [4.69, 9.17) is 0 Å². The summed E-state index contributed by atoms with van der Waals surface area (Å²) in [5.41, 5.74) is -0.201. The first kappa shape index (κ1) is 17.5. The quantitative estimate of drug-likeness (QED) is 0.843. The first-order chi connectivity index (χ1) is 11.3. The number of hydrogen-bond donors (Lipinski definition) is 2. The Hall–Kier alpha value is -2.83. The lowest BCUT2D eigenvalue weighted by atomic mass is 10.00. The van der Waals surface area contributed by atoms with Gasteiger partial charge < -0.3 is 10.3 Å². The van der Waals surface area contributed by atoms with Crippen LogP contribution in [0, 0.1) is 0 Å². The second-order valence-electron chi connectivity index (χ2n) is 5.15. The van der Waals surface area contributed by atoms with Crippen molar-refractivity contribution >= 4 is 11.5 Å². The van der Waals surface area contributed by atoms with Gasteiger partial charge >= 0.3 is 6.18 Å². The van der Waals surface area contributed by atoms with Crippen LogP contribution in [-0.4, -0.2) is 10.9 Å². The molecule has 0 spiro atoms. The van der Waals surface area contributed by atoms with Gasteiger partial charge in [-0.05, 0) is 29.7 Å². The number of halogens is 3. The molecule has 4 nitrogen and oxygen atoms in total. The molecule has 0 saturated carbocycles. The molecule has 0 aliphatic heterocycles. The minimum absolute atomic E-state index is 0.0378. The van der Waals surface area contributed by atoms with Crippen molar-refractivity contribution < 1.29 is 18.0 Å². The Labute approximate surface area is 136 Å². The van der Waals surface area contributed by atoms with Crippen LogP contribution in [0.3, 0.4) is 0 Å². The van der Waals surface area contributed by atoms with Crippen LogP contribution in [-0.2, 0) is 17.5 Å². The molecule has 2 rings (SSSR count). The number of amides is 1. The fourth-order valence-corrected chi connectivity index (χ4v) is 2.14. The summed E-state index contributed by atoms with van der Waals surface area (Å²) >= 11 is 0. The SMILES string of the molecule is C/C(=C\C(=O)NCc1ccc(=O)[nH]c1)c1ccccc1C(F)(F)F. The molecule has 1 heterocycles. The first-order valence-corrected chi connectivity index (χ1v) is 7.08. The largest absolute Gasteiger partial charge is 0.416 e. The van der Waals surface area contributed by atoms with Gasteiger partial charge in [-0.25, -0.2) is 0 Å². The van der Waals surface area contributed by atoms with Gasteiger partial charge in [0.05, 0.1) is 5.56 Å². The fraction of sp³-hybridized carbons (Fsp3) is 0.176. The van der Waals surface area contributed by atoms with Crippen LogP contribution in [0.1, 0.15) is 23.6 Å². The summed E-state index contributed by atoms with van der Waals surface area (Å²) in [6.45, 7) is 1.60. The van der Waals surface area contributed by atoms with Crippen molar-refractivity contribution in [3.63, 3.8) is 0 Å². The Kier molecular flexibility index (Phi) is 5.23. The number of hydrogen-bond acceptors (Lipinski definition) is 2. The van der Waals surface area contributed by atoms with Gasteiger partial charge in [-0.15, -0.1) is 0 Å². The number of carbonyl (C=O) groups excluding carboxylic acids is 1. The van der Waals surface area contributed by atoms with E-state index in [1.54, 1.807) is 6.07 Å². The first-order valence-electron chi connectivity index (χ1n) is 7.08. The molecule has 0 aliphatic carbocycles. The molecule has 0 aliphatic rings. The number of aromatic amines is 1. The van der Waals surface area contributed by atoms with E-state index in [2.05, 4.69) is 10.3 Å². The maximum Gasteiger partial charge on any atom is 0.416 e. The van der Waals surface area contributed by atoms with Crippen molar-refractivity contribution in [1.29, 1.82) is 0 Å². The zero-order valence-electron chi connectivity index (χ0n) is 12.8. The second-order valence-corrected chi connectivity index (χ2v) is 5.15. The van der Waals surface area contributed by atoms with Crippen LogP contribution in [0.25, 0.3) is 5.57 Å². The van der Waals surface area contributed by atoms with E-state index in [1.165, 1.54) is 37.4 Å². The predicted molar refractivity (Wildman–Crippen MR) is 84.0 cm³/mol. The van der Waals surface area contributed by atoms with E-state index in [0.29, 0.717) is 5.56 Å². The highest BCUT2D eigenvalue weighted by Crippen LogP contribution is 2.34. The maximum absolute atomic E-state index is 13.0. The van der Waals surface area contributed by atoms with Gasteiger partial charge in [0.25, 0.3) is 0 Å². The van der Waals surface area contributed by atoms with E-state index in [-0.39, 0.29) is 23.2 Å². The molecule has 2 N–H and O–H groups in total. The Morgan fingerprint density at radius 3 is 2.54 bits per heavy atom. The molecular weight excluding hydrogens is 321 g/mol. The molecule has 7 heteroatoms. The number of rotatable bonds is 4. The smallest absolute Gasteiger partial charge is 0.348 e. The molecule has 0 unspecified atom stereocenters. The van der Waals surface area contributed by atoms with Gasteiger partial charge in [0.1, 0.15) is 0 Å². The zero-order chi connectivity index (χ0) is 17.7. The second kappa shape index (κ2) is 7.16. The predicted octanol–water partition coefficient (Wildman–Crippen LogP) is 3.11. The standard InChI is InChI=1S/C17H15F3N2O2/c1-11(13-4-2-3-5-14(13)17(18,19)20)8-16(24)22-10-12-6-7-15(23)21-9-12/h2-9H,10H2,1H3,(H,21,23)(H,22,24)/b11-8+. The number of H-pyrrole nitrogens is 1. The zero-order valence-corrected chi connectivity index (χ0v) is 12.8. The van der Waals surface area contributed by atoms with Gasteiger partial charge in [-0.1, -0.05) is 24.3 Å². The van der Waals surface area contributed by atoms with Gasteiger partial charge in [-0.3, -0.25) is 9.59 Å². The average Bonchev–Trinajstić information content (AvgIpc) is 2.53. The summed E-state index contributed by atoms with van der Waals surface area (Å²) in [4.78, 5) is 25.3. The summed E-state index contributed by atoms with van der Waals surface area (Å²) in [5.74, 6) is -0.518. The Morgan fingerprint density at radius 1 is 1.21 bits per heavy atom. The normalized spacial score (nSPS) is 12.1. The lowest BCUT2D eigenvalue weighted by Crippen LogP contribution is -2.21. The number of pyridine rings is 1. The van der Waals surface area contributed by atoms with Gasteiger partial charge in [0.2, 0.25) is 11.5 Å². The maximum atomic E-state index is 13.0. The summed E-state index contributed by atoms with van der Waals surface area (Å²) in [6.07, 6.45) is -1.91. The summed E-state index contributed by atoms with van der Waals surface area (Å²) in [6, 6.07) is 7.96. The molecule has 0 bridgehead atoms. The van der Waals surface area contributed by atoms with Crippen molar-refractivity contribution in [1.82, 2.24) is 10.3 Å². The van der Waals surface area contributed by atoms with E-state index in [0.717, 1.165) is 12.1 Å². The van der Waals surface area contributed by atoms with Gasteiger partial charge in [0, 0.05) is 24.9 Å². The number of carbonyl (C=O) groups is 1. The molecule has 2 aromatic rings. The van der Waals surface area contributed by atoms with Crippen molar-refractivity contribution in [2.75, 3.05) is 0 Å². The number of aromatic nitrogens is 1. The van der Waals surface area contributed by atoms with E-state index < -0.39 is 17.6 Å². The Morgan fingerprint density at radius 2 is 1.92 bits per heavy atom. The summed E-state index contributed by atoms with van der Waals surface area (Å²) in [7, 11) is 0. The third-order valence-electron chi connectivity index (χ3n) is 3.32. The molecule has 1 aromatic carbocycles. The molecule has 0 atom stereocenters. The van der Waals surface area contributed by atoms with Crippen LogP contribution < -0.4 is 10.9 Å². The molecule has 24 heavy (non-hydrogen) atoms. The van der Waals surface area contributed by atoms with E-state index in [1.807, 2.05) is 0 Å². The third-order valence-corrected chi connectivity index (χ3v) is 3.32. The third kappa shape index (κ3) is 4.58. The topological polar surface area (TPSA) is 62.0 Å². The Bertz CT molecular complexity index is 803. The van der Waals surface area contributed by atoms with Gasteiger partial charge in [-0.2, -0.15) is 13.2 Å². The Balaban J connectivity index is 2.12. The van der Waals surface area contributed by atoms with Crippen LogP contribution in [0.2, 0.25) is 0 Å². The lowest BCUT2D eigenvalue weighted by molar-refractivity contribution is -0.137. The number of allylic oxidation sites excluding steroid dienone is 1. The van der Waals surface area contributed by atoms with Crippen LogP contribution >= 0.6 is 0 Å². The van der Waals surface area contributed by atoms with E-state index in [9.17, 15) is 22.8 Å². The fourth-order valence-electron chi connectivity index (χ4n) is 2.14. The molecule has 0 saturated heterocycles.